The minimum absolute atomic E-state index is 0.178. The van der Waals surface area contributed by atoms with Crippen LogP contribution in [0.5, 0.6) is 5.75 Å². The zero-order valence-corrected chi connectivity index (χ0v) is 14.8. The molecule has 1 amide bonds. The molecule has 1 aromatic carbocycles. The normalized spacial score (nSPS) is 15.4. The lowest BCUT2D eigenvalue weighted by Gasteiger charge is -2.34. The molecule has 0 saturated carbocycles. The molecule has 2 heterocycles. The quantitative estimate of drug-likeness (QED) is 0.787. The van der Waals surface area contributed by atoms with Crippen molar-refractivity contribution < 1.29 is 13.9 Å². The number of hydrogen-bond acceptors (Lipinski definition) is 6. The highest BCUT2D eigenvalue weighted by atomic mass is 16.5. The van der Waals surface area contributed by atoms with Gasteiger partial charge in [-0.05, 0) is 17.7 Å². The van der Waals surface area contributed by atoms with E-state index in [1.165, 1.54) is 0 Å². The first-order valence-corrected chi connectivity index (χ1v) is 8.56. The van der Waals surface area contributed by atoms with Gasteiger partial charge < -0.3 is 14.1 Å². The molecule has 0 aliphatic carbocycles. The Morgan fingerprint density at radius 1 is 1.16 bits per heavy atom. The van der Waals surface area contributed by atoms with Crippen LogP contribution in [0.25, 0.3) is 0 Å². The van der Waals surface area contributed by atoms with Crippen LogP contribution in [0.3, 0.4) is 0 Å². The van der Waals surface area contributed by atoms with Crippen LogP contribution in [-0.2, 0) is 17.6 Å². The number of amides is 1. The highest BCUT2D eigenvalue weighted by Gasteiger charge is 2.21. The van der Waals surface area contributed by atoms with Crippen LogP contribution >= 0.6 is 0 Å². The molecule has 7 nitrogen and oxygen atoms in total. The number of methoxy groups -OCH3 is 1. The first-order valence-electron chi connectivity index (χ1n) is 8.56. The molecule has 1 aliphatic rings. The van der Waals surface area contributed by atoms with Gasteiger partial charge in [0.15, 0.2) is 0 Å². The Morgan fingerprint density at radius 2 is 1.88 bits per heavy atom. The molecule has 1 aliphatic heterocycles. The van der Waals surface area contributed by atoms with Crippen LogP contribution in [0.1, 0.15) is 17.3 Å². The Morgan fingerprint density at radius 3 is 2.48 bits per heavy atom. The van der Waals surface area contributed by atoms with Crippen LogP contribution in [0.4, 0.5) is 0 Å². The number of ether oxygens (including phenoxy) is 1. The summed E-state index contributed by atoms with van der Waals surface area (Å²) in [6.45, 7) is 5.95. The largest absolute Gasteiger partial charge is 0.497 e. The summed E-state index contributed by atoms with van der Waals surface area (Å²) >= 11 is 0. The fraction of sp³-hybridized carbons (Fsp3) is 0.500. The van der Waals surface area contributed by atoms with E-state index < -0.39 is 0 Å². The van der Waals surface area contributed by atoms with Crippen molar-refractivity contribution in [3.8, 4) is 5.75 Å². The maximum atomic E-state index is 12.5. The van der Waals surface area contributed by atoms with E-state index in [9.17, 15) is 4.79 Å². The monoisotopic (exact) mass is 344 g/mol. The molecule has 1 aromatic heterocycles. The van der Waals surface area contributed by atoms with Crippen LogP contribution in [0, 0.1) is 6.92 Å². The van der Waals surface area contributed by atoms with Crippen molar-refractivity contribution in [3.63, 3.8) is 0 Å². The summed E-state index contributed by atoms with van der Waals surface area (Å²) in [4.78, 5) is 16.7. The van der Waals surface area contributed by atoms with Gasteiger partial charge in [-0.15, -0.1) is 10.2 Å². The second kappa shape index (κ2) is 8.11. The van der Waals surface area contributed by atoms with Crippen molar-refractivity contribution in [2.24, 2.45) is 0 Å². The second-order valence-electron chi connectivity index (χ2n) is 6.21. The summed E-state index contributed by atoms with van der Waals surface area (Å²) in [6, 6.07) is 7.67. The number of hydrogen-bond donors (Lipinski definition) is 0. The summed E-state index contributed by atoms with van der Waals surface area (Å²) < 4.78 is 10.5. The zero-order valence-electron chi connectivity index (χ0n) is 14.8. The highest BCUT2D eigenvalue weighted by Crippen LogP contribution is 2.13. The molecule has 0 atom stereocenters. The lowest BCUT2D eigenvalue weighted by molar-refractivity contribution is -0.132. The molecule has 0 spiro atoms. The van der Waals surface area contributed by atoms with Crippen molar-refractivity contribution >= 4 is 5.91 Å². The molecule has 0 unspecified atom stereocenters. The minimum atomic E-state index is 0.178. The van der Waals surface area contributed by atoms with Gasteiger partial charge in [0, 0.05) is 46.1 Å². The Bertz CT molecular complexity index is 691. The average molecular weight is 344 g/mol. The number of benzene rings is 1. The van der Waals surface area contributed by atoms with Crippen LogP contribution in [0.2, 0.25) is 0 Å². The van der Waals surface area contributed by atoms with Crippen molar-refractivity contribution in [3.05, 3.63) is 41.6 Å². The third-order valence-corrected chi connectivity index (χ3v) is 4.45. The summed E-state index contributed by atoms with van der Waals surface area (Å²) in [5, 5.41) is 7.86. The number of nitrogens with zero attached hydrogens (tertiary/aromatic N) is 4. The number of piperazine rings is 1. The smallest absolute Gasteiger partial charge is 0.227 e. The number of aromatic nitrogens is 2. The van der Waals surface area contributed by atoms with Gasteiger partial charge in [0.2, 0.25) is 17.7 Å². The molecule has 1 fully saturated rings. The van der Waals surface area contributed by atoms with Gasteiger partial charge >= 0.3 is 0 Å². The third kappa shape index (κ3) is 4.79. The van der Waals surface area contributed by atoms with Gasteiger partial charge in [-0.25, -0.2) is 0 Å². The number of carbonyl (C=O) groups is 1. The highest BCUT2D eigenvalue weighted by molar-refractivity contribution is 5.78. The Balaban J connectivity index is 1.42. The molecule has 1 saturated heterocycles. The summed E-state index contributed by atoms with van der Waals surface area (Å²) in [6.07, 6.45) is 1.19. The second-order valence-corrected chi connectivity index (χ2v) is 6.21. The standard InChI is InChI=1S/C18H24N4O3/c1-14-19-20-17(25-14)7-8-21-9-11-22(12-10-21)18(23)13-15-3-5-16(24-2)6-4-15/h3-6H,7-13H2,1-2H3. The Kier molecular flexibility index (Phi) is 5.65. The first-order chi connectivity index (χ1) is 12.1. The van der Waals surface area contributed by atoms with Crippen molar-refractivity contribution in [1.29, 1.82) is 0 Å². The first kappa shape index (κ1) is 17.4. The van der Waals surface area contributed by atoms with Crippen molar-refractivity contribution in [2.75, 3.05) is 39.8 Å². The van der Waals surface area contributed by atoms with E-state index in [0.717, 1.165) is 50.5 Å². The maximum Gasteiger partial charge on any atom is 0.227 e. The van der Waals surface area contributed by atoms with Crippen molar-refractivity contribution in [2.45, 2.75) is 19.8 Å². The fourth-order valence-corrected chi connectivity index (χ4v) is 2.94. The predicted octanol–water partition coefficient (Wildman–Crippen LogP) is 1.32. The van der Waals surface area contributed by atoms with Gasteiger partial charge in [-0.1, -0.05) is 12.1 Å². The zero-order chi connectivity index (χ0) is 17.6. The number of rotatable bonds is 6. The Labute approximate surface area is 147 Å². The van der Waals surface area contributed by atoms with E-state index in [1.54, 1.807) is 14.0 Å². The van der Waals surface area contributed by atoms with Gasteiger partial charge in [0.25, 0.3) is 0 Å². The molecule has 0 radical (unpaired) electrons. The third-order valence-electron chi connectivity index (χ3n) is 4.45. The lowest BCUT2D eigenvalue weighted by atomic mass is 10.1. The number of carbonyl (C=O) groups excluding carboxylic acids is 1. The van der Waals surface area contributed by atoms with E-state index in [0.29, 0.717) is 18.2 Å². The molecule has 134 valence electrons. The number of aryl methyl sites for hydroxylation is 1. The average Bonchev–Trinajstić information content (AvgIpc) is 3.06. The Hall–Kier alpha value is -2.41. The van der Waals surface area contributed by atoms with Crippen LogP contribution < -0.4 is 4.74 Å². The van der Waals surface area contributed by atoms with Gasteiger partial charge in [-0.2, -0.15) is 0 Å². The van der Waals surface area contributed by atoms with Gasteiger partial charge in [0.1, 0.15) is 5.75 Å². The molecular formula is C18H24N4O3. The fourth-order valence-electron chi connectivity index (χ4n) is 2.94. The van der Waals surface area contributed by atoms with Crippen LogP contribution in [-0.4, -0.2) is 65.7 Å². The van der Waals surface area contributed by atoms with E-state index in [1.807, 2.05) is 29.2 Å². The summed E-state index contributed by atoms with van der Waals surface area (Å²) in [5.41, 5.74) is 1.01. The summed E-state index contributed by atoms with van der Waals surface area (Å²) in [7, 11) is 1.64. The van der Waals surface area contributed by atoms with E-state index in [4.69, 9.17) is 9.15 Å². The van der Waals surface area contributed by atoms with E-state index in [2.05, 4.69) is 15.1 Å². The minimum Gasteiger partial charge on any atom is -0.497 e. The maximum absolute atomic E-state index is 12.5. The van der Waals surface area contributed by atoms with Gasteiger partial charge in [0.05, 0.1) is 13.5 Å². The molecule has 25 heavy (non-hydrogen) atoms. The topological polar surface area (TPSA) is 71.7 Å². The molecule has 2 aromatic rings. The lowest BCUT2D eigenvalue weighted by Crippen LogP contribution is -2.49. The molecular weight excluding hydrogens is 320 g/mol. The van der Waals surface area contributed by atoms with Gasteiger partial charge in [-0.3, -0.25) is 9.69 Å². The molecule has 0 bridgehead atoms. The molecule has 0 N–H and O–H groups in total. The van der Waals surface area contributed by atoms with Crippen molar-refractivity contribution in [1.82, 2.24) is 20.0 Å². The molecule has 7 heteroatoms. The predicted molar refractivity (Wildman–Crippen MR) is 92.5 cm³/mol. The summed E-state index contributed by atoms with van der Waals surface area (Å²) in [5.74, 6) is 2.26. The van der Waals surface area contributed by atoms with E-state index in [-0.39, 0.29) is 5.91 Å². The van der Waals surface area contributed by atoms with E-state index >= 15 is 0 Å². The SMILES string of the molecule is COc1ccc(CC(=O)N2CCN(CCc3nnc(C)o3)CC2)cc1. The van der Waals surface area contributed by atoms with Crippen LogP contribution in [0.15, 0.2) is 28.7 Å². The molecule has 3 rings (SSSR count).